The van der Waals surface area contributed by atoms with Crippen LogP contribution in [-0.4, -0.2) is 15.2 Å². The summed E-state index contributed by atoms with van der Waals surface area (Å²) in [6.45, 7) is 3.89. The van der Waals surface area contributed by atoms with Crippen LogP contribution in [0.15, 0.2) is 18.3 Å². The Balaban J connectivity index is 2.42. The molecule has 0 aliphatic carbocycles. The first-order chi connectivity index (χ1) is 7.18. The Kier molecular flexibility index (Phi) is 2.98. The highest BCUT2D eigenvalue weighted by Crippen LogP contribution is 2.29. The first-order valence-electron chi connectivity index (χ1n) is 4.58. The topological polar surface area (TPSA) is 38.7 Å². The molecule has 3 nitrogen and oxygen atoms in total. The maximum atomic E-state index is 5.93. The SMILES string of the molecule is Cc1cccnc1-c1nnc(C(C)Cl)s1. The van der Waals surface area contributed by atoms with Crippen molar-refractivity contribution in [3.05, 3.63) is 28.9 Å². The van der Waals surface area contributed by atoms with Crippen LogP contribution in [0.25, 0.3) is 10.7 Å². The van der Waals surface area contributed by atoms with Crippen LogP contribution in [0.5, 0.6) is 0 Å². The molecule has 78 valence electrons. The van der Waals surface area contributed by atoms with Gasteiger partial charge in [0.05, 0.1) is 5.38 Å². The number of hydrogen-bond donors (Lipinski definition) is 0. The largest absolute Gasteiger partial charge is 0.253 e. The van der Waals surface area contributed by atoms with Crippen LogP contribution >= 0.6 is 22.9 Å². The van der Waals surface area contributed by atoms with Crippen molar-refractivity contribution in [1.82, 2.24) is 15.2 Å². The van der Waals surface area contributed by atoms with Crippen molar-refractivity contribution in [2.24, 2.45) is 0 Å². The number of nitrogens with zero attached hydrogens (tertiary/aromatic N) is 3. The van der Waals surface area contributed by atoms with E-state index in [4.69, 9.17) is 11.6 Å². The summed E-state index contributed by atoms with van der Waals surface area (Å²) in [5.41, 5.74) is 1.99. The van der Waals surface area contributed by atoms with Crippen molar-refractivity contribution in [3.8, 4) is 10.7 Å². The molecule has 1 atom stereocenters. The molecule has 0 radical (unpaired) electrons. The number of aromatic nitrogens is 3. The third kappa shape index (κ3) is 2.16. The van der Waals surface area contributed by atoms with Gasteiger partial charge in [-0.1, -0.05) is 17.4 Å². The summed E-state index contributed by atoms with van der Waals surface area (Å²) >= 11 is 7.42. The molecular formula is C10H10ClN3S. The highest BCUT2D eigenvalue weighted by Gasteiger charge is 2.12. The smallest absolute Gasteiger partial charge is 0.166 e. The van der Waals surface area contributed by atoms with E-state index in [2.05, 4.69) is 15.2 Å². The van der Waals surface area contributed by atoms with Crippen molar-refractivity contribution < 1.29 is 0 Å². The number of halogens is 1. The fourth-order valence-corrected chi connectivity index (χ4v) is 2.21. The zero-order valence-electron chi connectivity index (χ0n) is 8.44. The van der Waals surface area contributed by atoms with E-state index in [0.717, 1.165) is 21.3 Å². The van der Waals surface area contributed by atoms with E-state index in [9.17, 15) is 0 Å². The molecule has 0 fully saturated rings. The lowest BCUT2D eigenvalue weighted by atomic mass is 10.2. The van der Waals surface area contributed by atoms with Gasteiger partial charge in [0.1, 0.15) is 10.7 Å². The maximum absolute atomic E-state index is 5.93. The first-order valence-corrected chi connectivity index (χ1v) is 5.83. The number of rotatable bonds is 2. The summed E-state index contributed by atoms with van der Waals surface area (Å²) in [5.74, 6) is 0. The summed E-state index contributed by atoms with van der Waals surface area (Å²) < 4.78 is 0. The van der Waals surface area contributed by atoms with Crippen LogP contribution in [-0.2, 0) is 0 Å². The van der Waals surface area contributed by atoms with Crippen molar-refractivity contribution in [2.75, 3.05) is 0 Å². The normalized spacial score (nSPS) is 12.7. The molecular weight excluding hydrogens is 230 g/mol. The molecule has 0 aliphatic rings. The number of hydrogen-bond acceptors (Lipinski definition) is 4. The van der Waals surface area contributed by atoms with E-state index in [0.29, 0.717) is 0 Å². The molecule has 0 N–H and O–H groups in total. The van der Waals surface area contributed by atoms with Gasteiger partial charge in [-0.15, -0.1) is 21.8 Å². The Morgan fingerprint density at radius 2 is 2.20 bits per heavy atom. The minimum Gasteiger partial charge on any atom is -0.253 e. The third-order valence-corrected chi connectivity index (χ3v) is 3.44. The number of pyridine rings is 1. The van der Waals surface area contributed by atoms with Crippen molar-refractivity contribution >= 4 is 22.9 Å². The fraction of sp³-hybridized carbons (Fsp3) is 0.300. The van der Waals surface area contributed by atoms with Gasteiger partial charge in [0.2, 0.25) is 0 Å². The molecule has 15 heavy (non-hydrogen) atoms. The molecule has 2 aromatic rings. The molecule has 0 saturated heterocycles. The van der Waals surface area contributed by atoms with Crippen LogP contribution in [0.1, 0.15) is 22.9 Å². The Morgan fingerprint density at radius 3 is 2.80 bits per heavy atom. The highest BCUT2D eigenvalue weighted by molar-refractivity contribution is 7.14. The molecule has 1 unspecified atom stereocenters. The lowest BCUT2D eigenvalue weighted by Gasteiger charge is -1.97. The van der Waals surface area contributed by atoms with Gasteiger partial charge in [-0.3, -0.25) is 4.98 Å². The third-order valence-electron chi connectivity index (χ3n) is 1.99. The van der Waals surface area contributed by atoms with E-state index in [-0.39, 0.29) is 5.38 Å². The van der Waals surface area contributed by atoms with Crippen LogP contribution in [0, 0.1) is 6.92 Å². The van der Waals surface area contributed by atoms with Gasteiger partial charge in [-0.05, 0) is 25.5 Å². The fourth-order valence-electron chi connectivity index (χ4n) is 1.20. The molecule has 0 aromatic carbocycles. The van der Waals surface area contributed by atoms with Gasteiger partial charge >= 0.3 is 0 Å². The highest BCUT2D eigenvalue weighted by atomic mass is 35.5. The summed E-state index contributed by atoms with van der Waals surface area (Å²) in [6.07, 6.45) is 1.76. The van der Waals surface area contributed by atoms with Crippen LogP contribution < -0.4 is 0 Å². The Morgan fingerprint density at radius 1 is 1.40 bits per heavy atom. The Labute approximate surface area is 97.2 Å². The monoisotopic (exact) mass is 239 g/mol. The summed E-state index contributed by atoms with van der Waals surface area (Å²) in [4.78, 5) is 4.29. The van der Waals surface area contributed by atoms with Crippen molar-refractivity contribution in [2.45, 2.75) is 19.2 Å². The lowest BCUT2D eigenvalue weighted by Crippen LogP contribution is -1.86. The van der Waals surface area contributed by atoms with Gasteiger partial charge in [-0.25, -0.2) is 0 Å². The second-order valence-corrected chi connectivity index (χ2v) is 4.89. The average Bonchev–Trinajstić information content (AvgIpc) is 2.67. The second kappa shape index (κ2) is 4.24. The average molecular weight is 240 g/mol. The van der Waals surface area contributed by atoms with Gasteiger partial charge in [-0.2, -0.15) is 0 Å². The quantitative estimate of drug-likeness (QED) is 0.756. The van der Waals surface area contributed by atoms with Crippen LogP contribution in [0.4, 0.5) is 0 Å². The lowest BCUT2D eigenvalue weighted by molar-refractivity contribution is 0.960. The van der Waals surface area contributed by atoms with Gasteiger partial charge in [0, 0.05) is 6.20 Å². The molecule has 2 heterocycles. The van der Waals surface area contributed by atoms with E-state index >= 15 is 0 Å². The minimum atomic E-state index is -0.0970. The predicted octanol–water partition coefficient (Wildman–Crippen LogP) is 3.21. The molecule has 0 amide bonds. The Bertz CT molecular complexity index is 467. The first kappa shape index (κ1) is 10.5. The van der Waals surface area contributed by atoms with Gasteiger partial charge in [0.25, 0.3) is 0 Å². The predicted molar refractivity (Wildman–Crippen MR) is 62.1 cm³/mol. The molecule has 2 aromatic heterocycles. The summed E-state index contributed by atoms with van der Waals surface area (Å²) in [7, 11) is 0. The number of alkyl halides is 1. The summed E-state index contributed by atoms with van der Waals surface area (Å²) in [6, 6.07) is 3.92. The van der Waals surface area contributed by atoms with E-state index in [1.807, 2.05) is 26.0 Å². The standard InChI is InChI=1S/C10H10ClN3S/c1-6-4-3-5-12-8(6)10-14-13-9(15-10)7(2)11/h3-5,7H,1-2H3. The van der Waals surface area contributed by atoms with Crippen LogP contribution in [0.2, 0.25) is 0 Å². The van der Waals surface area contributed by atoms with E-state index in [1.54, 1.807) is 6.20 Å². The zero-order chi connectivity index (χ0) is 10.8. The molecule has 5 heteroatoms. The minimum absolute atomic E-state index is 0.0970. The summed E-state index contributed by atoms with van der Waals surface area (Å²) in [5, 5.41) is 9.68. The van der Waals surface area contributed by atoms with E-state index in [1.165, 1.54) is 11.3 Å². The number of aryl methyl sites for hydroxylation is 1. The maximum Gasteiger partial charge on any atom is 0.166 e. The molecule has 0 aliphatic heterocycles. The Hall–Kier alpha value is -1.000. The zero-order valence-corrected chi connectivity index (χ0v) is 10.0. The van der Waals surface area contributed by atoms with E-state index < -0.39 is 0 Å². The molecule has 0 saturated carbocycles. The molecule has 0 spiro atoms. The molecule has 2 rings (SSSR count). The van der Waals surface area contributed by atoms with Crippen LogP contribution in [0.3, 0.4) is 0 Å². The van der Waals surface area contributed by atoms with Gasteiger partial charge < -0.3 is 0 Å². The molecule has 0 bridgehead atoms. The van der Waals surface area contributed by atoms with Gasteiger partial charge in [0.15, 0.2) is 5.01 Å². The second-order valence-electron chi connectivity index (χ2n) is 3.23. The van der Waals surface area contributed by atoms with Crippen molar-refractivity contribution in [3.63, 3.8) is 0 Å². The van der Waals surface area contributed by atoms with Crippen molar-refractivity contribution in [1.29, 1.82) is 0 Å².